The highest BCUT2D eigenvalue weighted by molar-refractivity contribution is 4.56. The van der Waals surface area contributed by atoms with Crippen LogP contribution in [0, 0.1) is 5.92 Å². The van der Waals surface area contributed by atoms with Crippen LogP contribution >= 0.6 is 0 Å². The van der Waals surface area contributed by atoms with Gasteiger partial charge in [0.05, 0.1) is 0 Å². The fourth-order valence-corrected chi connectivity index (χ4v) is 1.44. The average Bonchev–Trinajstić information content (AvgIpc) is 2.68. The SMILES string of the molecule is CC(C)CNCCCCCn1cncn1. The molecule has 1 aromatic rings. The van der Waals surface area contributed by atoms with Crippen LogP contribution in [-0.4, -0.2) is 27.9 Å². The Bertz CT molecular complexity index is 231. The van der Waals surface area contributed by atoms with Gasteiger partial charge in [-0.15, -0.1) is 0 Å². The molecule has 15 heavy (non-hydrogen) atoms. The summed E-state index contributed by atoms with van der Waals surface area (Å²) in [6, 6.07) is 0. The monoisotopic (exact) mass is 210 g/mol. The lowest BCUT2D eigenvalue weighted by Gasteiger charge is -2.06. The average molecular weight is 210 g/mol. The van der Waals surface area contributed by atoms with Crippen molar-refractivity contribution in [1.29, 1.82) is 0 Å². The second kappa shape index (κ2) is 7.40. The summed E-state index contributed by atoms with van der Waals surface area (Å²) in [7, 11) is 0. The van der Waals surface area contributed by atoms with Crippen LogP contribution in [0.2, 0.25) is 0 Å². The third kappa shape index (κ3) is 6.23. The number of rotatable bonds is 8. The van der Waals surface area contributed by atoms with Crippen LogP contribution in [0.3, 0.4) is 0 Å². The molecule has 1 heterocycles. The zero-order chi connectivity index (χ0) is 10.9. The quantitative estimate of drug-likeness (QED) is 0.664. The zero-order valence-electron chi connectivity index (χ0n) is 9.82. The van der Waals surface area contributed by atoms with E-state index in [2.05, 4.69) is 29.2 Å². The summed E-state index contributed by atoms with van der Waals surface area (Å²) in [6.45, 7) is 7.72. The van der Waals surface area contributed by atoms with Crippen molar-refractivity contribution in [1.82, 2.24) is 20.1 Å². The molecular weight excluding hydrogens is 188 g/mol. The standard InChI is InChI=1S/C11H22N4/c1-11(2)8-12-6-4-3-5-7-15-10-13-9-14-15/h9-12H,3-8H2,1-2H3. The van der Waals surface area contributed by atoms with Crippen molar-refractivity contribution >= 4 is 0 Å². The van der Waals surface area contributed by atoms with E-state index >= 15 is 0 Å². The Morgan fingerprint density at radius 3 is 2.80 bits per heavy atom. The van der Waals surface area contributed by atoms with Gasteiger partial charge in [-0.05, 0) is 31.8 Å². The highest BCUT2D eigenvalue weighted by Gasteiger charge is 1.94. The van der Waals surface area contributed by atoms with E-state index in [4.69, 9.17) is 0 Å². The number of hydrogen-bond acceptors (Lipinski definition) is 3. The van der Waals surface area contributed by atoms with Crippen LogP contribution in [0.25, 0.3) is 0 Å². The summed E-state index contributed by atoms with van der Waals surface area (Å²) in [5.41, 5.74) is 0. The lowest BCUT2D eigenvalue weighted by Crippen LogP contribution is -2.20. The Morgan fingerprint density at radius 1 is 1.27 bits per heavy atom. The minimum absolute atomic E-state index is 0.750. The highest BCUT2D eigenvalue weighted by atomic mass is 15.3. The Kier molecular flexibility index (Phi) is 6.00. The molecule has 0 aliphatic carbocycles. The zero-order valence-corrected chi connectivity index (χ0v) is 9.82. The van der Waals surface area contributed by atoms with Crippen LogP contribution in [0.15, 0.2) is 12.7 Å². The Labute approximate surface area is 92.1 Å². The highest BCUT2D eigenvalue weighted by Crippen LogP contribution is 1.97. The molecular formula is C11H22N4. The van der Waals surface area contributed by atoms with Crippen molar-refractivity contribution in [2.24, 2.45) is 5.92 Å². The first kappa shape index (κ1) is 12.2. The van der Waals surface area contributed by atoms with Gasteiger partial charge in [-0.1, -0.05) is 20.3 Å². The maximum atomic E-state index is 4.06. The first-order valence-electron chi connectivity index (χ1n) is 5.82. The van der Waals surface area contributed by atoms with E-state index in [1.807, 2.05) is 4.68 Å². The molecule has 0 bridgehead atoms. The molecule has 0 aliphatic rings. The van der Waals surface area contributed by atoms with Crippen LogP contribution < -0.4 is 5.32 Å². The largest absolute Gasteiger partial charge is 0.316 e. The van der Waals surface area contributed by atoms with Gasteiger partial charge in [-0.2, -0.15) is 5.10 Å². The van der Waals surface area contributed by atoms with E-state index in [1.54, 1.807) is 12.7 Å². The number of hydrogen-bond donors (Lipinski definition) is 1. The minimum atomic E-state index is 0.750. The summed E-state index contributed by atoms with van der Waals surface area (Å²) in [5, 5.41) is 7.51. The molecule has 4 nitrogen and oxygen atoms in total. The van der Waals surface area contributed by atoms with Gasteiger partial charge in [0, 0.05) is 6.54 Å². The van der Waals surface area contributed by atoms with Crippen LogP contribution in [-0.2, 0) is 6.54 Å². The van der Waals surface area contributed by atoms with E-state index < -0.39 is 0 Å². The maximum Gasteiger partial charge on any atom is 0.137 e. The van der Waals surface area contributed by atoms with Crippen molar-refractivity contribution < 1.29 is 0 Å². The number of aromatic nitrogens is 3. The molecule has 0 aromatic carbocycles. The molecule has 86 valence electrons. The smallest absolute Gasteiger partial charge is 0.137 e. The molecule has 0 atom stereocenters. The van der Waals surface area contributed by atoms with Crippen LogP contribution in [0.5, 0.6) is 0 Å². The number of nitrogens with zero attached hydrogens (tertiary/aromatic N) is 3. The van der Waals surface area contributed by atoms with Crippen molar-refractivity contribution in [3.63, 3.8) is 0 Å². The molecule has 1 N–H and O–H groups in total. The number of nitrogens with one attached hydrogen (secondary N) is 1. The van der Waals surface area contributed by atoms with Gasteiger partial charge in [0.25, 0.3) is 0 Å². The topological polar surface area (TPSA) is 42.7 Å². The third-order valence-corrected chi connectivity index (χ3v) is 2.26. The normalized spacial score (nSPS) is 11.1. The van der Waals surface area contributed by atoms with Crippen LogP contribution in [0.1, 0.15) is 33.1 Å². The second-order valence-corrected chi connectivity index (χ2v) is 4.32. The van der Waals surface area contributed by atoms with E-state index in [9.17, 15) is 0 Å². The molecule has 0 spiro atoms. The number of unbranched alkanes of at least 4 members (excludes halogenated alkanes) is 2. The minimum Gasteiger partial charge on any atom is -0.316 e. The lowest BCUT2D eigenvalue weighted by molar-refractivity contribution is 0.505. The molecule has 0 radical (unpaired) electrons. The molecule has 0 unspecified atom stereocenters. The fraction of sp³-hybridized carbons (Fsp3) is 0.818. The Balaban J connectivity index is 1.85. The summed E-state index contributed by atoms with van der Waals surface area (Å²) < 4.78 is 1.89. The first-order chi connectivity index (χ1) is 7.29. The van der Waals surface area contributed by atoms with Gasteiger partial charge >= 0.3 is 0 Å². The van der Waals surface area contributed by atoms with Gasteiger partial charge in [0.1, 0.15) is 12.7 Å². The van der Waals surface area contributed by atoms with Crippen LogP contribution in [0.4, 0.5) is 0 Å². The molecule has 1 aromatic heterocycles. The molecule has 0 saturated carbocycles. The van der Waals surface area contributed by atoms with E-state index in [0.717, 1.165) is 25.6 Å². The van der Waals surface area contributed by atoms with Gasteiger partial charge in [0.15, 0.2) is 0 Å². The van der Waals surface area contributed by atoms with E-state index in [1.165, 1.54) is 19.3 Å². The lowest BCUT2D eigenvalue weighted by atomic mass is 10.2. The summed E-state index contributed by atoms with van der Waals surface area (Å²) in [6.07, 6.45) is 7.06. The molecule has 0 aliphatic heterocycles. The maximum absolute atomic E-state index is 4.06. The first-order valence-corrected chi connectivity index (χ1v) is 5.82. The van der Waals surface area contributed by atoms with Gasteiger partial charge in [-0.3, -0.25) is 4.68 Å². The van der Waals surface area contributed by atoms with Crippen molar-refractivity contribution in [3.05, 3.63) is 12.7 Å². The summed E-state index contributed by atoms with van der Waals surface area (Å²) in [5.74, 6) is 0.750. The van der Waals surface area contributed by atoms with E-state index in [-0.39, 0.29) is 0 Å². The third-order valence-electron chi connectivity index (χ3n) is 2.26. The molecule has 0 amide bonds. The summed E-state index contributed by atoms with van der Waals surface area (Å²) in [4.78, 5) is 3.91. The van der Waals surface area contributed by atoms with Gasteiger partial charge < -0.3 is 5.32 Å². The van der Waals surface area contributed by atoms with Crippen molar-refractivity contribution in [3.8, 4) is 0 Å². The Morgan fingerprint density at radius 2 is 2.13 bits per heavy atom. The molecule has 0 saturated heterocycles. The molecule has 0 fully saturated rings. The van der Waals surface area contributed by atoms with Gasteiger partial charge in [-0.25, -0.2) is 4.98 Å². The van der Waals surface area contributed by atoms with Crippen molar-refractivity contribution in [2.75, 3.05) is 13.1 Å². The summed E-state index contributed by atoms with van der Waals surface area (Å²) >= 11 is 0. The second-order valence-electron chi connectivity index (χ2n) is 4.32. The molecule has 1 rings (SSSR count). The predicted molar refractivity (Wildman–Crippen MR) is 61.6 cm³/mol. The molecule has 4 heteroatoms. The predicted octanol–water partition coefficient (Wildman–Crippen LogP) is 1.69. The van der Waals surface area contributed by atoms with Gasteiger partial charge in [0.2, 0.25) is 0 Å². The van der Waals surface area contributed by atoms with E-state index in [0.29, 0.717) is 0 Å². The Hall–Kier alpha value is -0.900. The number of aryl methyl sites for hydroxylation is 1. The van der Waals surface area contributed by atoms with Crippen molar-refractivity contribution in [2.45, 2.75) is 39.7 Å². The fourth-order valence-electron chi connectivity index (χ4n) is 1.44.